The number of amides is 1. The summed E-state index contributed by atoms with van der Waals surface area (Å²) in [6.45, 7) is 4.77. The summed E-state index contributed by atoms with van der Waals surface area (Å²) in [5, 5.41) is 13.6. The normalized spacial score (nSPS) is 10.2. The number of rotatable bonds is 5. The molecule has 2 aromatic carbocycles. The van der Waals surface area contributed by atoms with Gasteiger partial charge < -0.3 is 10.1 Å². The number of hydrogen-bond donors (Lipinski definition) is 1. The SMILES string of the molecule is Cc1cccc(C(=O)OCC(=O)Nc2c([N+](=O)[O-])ccc(C)c2C)c1. The zero-order chi connectivity index (χ0) is 18.6. The first-order valence-corrected chi connectivity index (χ1v) is 7.58. The Labute approximate surface area is 144 Å². The largest absolute Gasteiger partial charge is 0.452 e. The lowest BCUT2D eigenvalue weighted by atomic mass is 10.1. The Morgan fingerprint density at radius 2 is 1.88 bits per heavy atom. The Kier molecular flexibility index (Phi) is 5.49. The van der Waals surface area contributed by atoms with Gasteiger partial charge in [0.2, 0.25) is 0 Å². The maximum absolute atomic E-state index is 12.0. The van der Waals surface area contributed by atoms with E-state index in [-0.39, 0.29) is 11.4 Å². The summed E-state index contributed by atoms with van der Waals surface area (Å²) < 4.78 is 4.97. The van der Waals surface area contributed by atoms with Gasteiger partial charge in [-0.05, 0) is 44.0 Å². The lowest BCUT2D eigenvalue weighted by Gasteiger charge is -2.11. The molecule has 25 heavy (non-hydrogen) atoms. The number of aryl methyl sites for hydroxylation is 2. The van der Waals surface area contributed by atoms with E-state index in [1.54, 1.807) is 38.1 Å². The number of nitro benzene ring substituents is 1. The van der Waals surface area contributed by atoms with Crippen LogP contribution in [0.4, 0.5) is 11.4 Å². The minimum absolute atomic E-state index is 0.113. The molecule has 0 atom stereocenters. The monoisotopic (exact) mass is 342 g/mol. The van der Waals surface area contributed by atoms with Gasteiger partial charge in [-0.15, -0.1) is 0 Å². The number of hydrogen-bond acceptors (Lipinski definition) is 5. The van der Waals surface area contributed by atoms with Crippen LogP contribution in [0.25, 0.3) is 0 Å². The van der Waals surface area contributed by atoms with Crippen LogP contribution in [0.2, 0.25) is 0 Å². The molecule has 0 aromatic heterocycles. The lowest BCUT2D eigenvalue weighted by molar-refractivity contribution is -0.384. The molecule has 0 saturated carbocycles. The van der Waals surface area contributed by atoms with Crippen molar-refractivity contribution in [1.82, 2.24) is 0 Å². The molecule has 0 heterocycles. The first-order valence-electron chi connectivity index (χ1n) is 7.58. The van der Waals surface area contributed by atoms with Gasteiger partial charge in [0.1, 0.15) is 5.69 Å². The van der Waals surface area contributed by atoms with E-state index in [4.69, 9.17) is 4.74 Å². The third-order valence-electron chi connectivity index (χ3n) is 3.76. The van der Waals surface area contributed by atoms with Crippen molar-refractivity contribution >= 4 is 23.3 Å². The number of anilines is 1. The number of nitrogens with one attached hydrogen (secondary N) is 1. The summed E-state index contributed by atoms with van der Waals surface area (Å²) in [4.78, 5) is 34.5. The van der Waals surface area contributed by atoms with Crippen LogP contribution in [0.1, 0.15) is 27.0 Å². The van der Waals surface area contributed by atoms with Gasteiger partial charge in [-0.1, -0.05) is 23.8 Å². The number of nitrogens with zero attached hydrogens (tertiary/aromatic N) is 1. The Bertz CT molecular complexity index is 845. The van der Waals surface area contributed by atoms with Gasteiger partial charge in [-0.3, -0.25) is 14.9 Å². The fourth-order valence-corrected chi connectivity index (χ4v) is 2.27. The molecule has 0 aliphatic heterocycles. The van der Waals surface area contributed by atoms with Crippen LogP contribution in [0, 0.1) is 30.9 Å². The highest BCUT2D eigenvalue weighted by Gasteiger charge is 2.20. The summed E-state index contributed by atoms with van der Waals surface area (Å²) in [5.74, 6) is -1.27. The smallest absolute Gasteiger partial charge is 0.338 e. The molecule has 0 bridgehead atoms. The predicted octanol–water partition coefficient (Wildman–Crippen LogP) is 3.32. The molecule has 0 saturated heterocycles. The van der Waals surface area contributed by atoms with Gasteiger partial charge in [0, 0.05) is 6.07 Å². The molecular weight excluding hydrogens is 324 g/mol. The first-order chi connectivity index (χ1) is 11.8. The second-order valence-corrected chi connectivity index (χ2v) is 5.65. The zero-order valence-corrected chi connectivity index (χ0v) is 14.2. The van der Waals surface area contributed by atoms with E-state index < -0.39 is 23.4 Å². The first kappa shape index (κ1) is 18.1. The van der Waals surface area contributed by atoms with Crippen LogP contribution < -0.4 is 5.32 Å². The Morgan fingerprint density at radius 1 is 1.16 bits per heavy atom. The van der Waals surface area contributed by atoms with E-state index >= 15 is 0 Å². The molecule has 2 aromatic rings. The average Bonchev–Trinajstić information content (AvgIpc) is 2.56. The third kappa shape index (κ3) is 4.41. The van der Waals surface area contributed by atoms with Crippen molar-refractivity contribution in [2.24, 2.45) is 0 Å². The average molecular weight is 342 g/mol. The number of benzene rings is 2. The van der Waals surface area contributed by atoms with Crippen LogP contribution >= 0.6 is 0 Å². The molecule has 0 radical (unpaired) electrons. The van der Waals surface area contributed by atoms with E-state index in [1.807, 2.05) is 13.0 Å². The number of esters is 1. The molecule has 7 nitrogen and oxygen atoms in total. The second-order valence-electron chi connectivity index (χ2n) is 5.65. The zero-order valence-electron chi connectivity index (χ0n) is 14.2. The minimum atomic E-state index is -0.641. The molecule has 1 amide bonds. The molecule has 2 rings (SSSR count). The Hall–Kier alpha value is -3.22. The van der Waals surface area contributed by atoms with Crippen molar-refractivity contribution in [3.05, 3.63) is 68.8 Å². The highest BCUT2D eigenvalue weighted by atomic mass is 16.6. The maximum Gasteiger partial charge on any atom is 0.338 e. The van der Waals surface area contributed by atoms with Crippen LogP contribution in [-0.4, -0.2) is 23.4 Å². The van der Waals surface area contributed by atoms with E-state index in [9.17, 15) is 19.7 Å². The van der Waals surface area contributed by atoms with Crippen molar-refractivity contribution in [3.63, 3.8) is 0 Å². The maximum atomic E-state index is 12.0. The fourth-order valence-electron chi connectivity index (χ4n) is 2.27. The third-order valence-corrected chi connectivity index (χ3v) is 3.76. The minimum Gasteiger partial charge on any atom is -0.452 e. The molecule has 0 spiro atoms. The summed E-state index contributed by atoms with van der Waals surface area (Å²) in [7, 11) is 0. The van der Waals surface area contributed by atoms with E-state index in [2.05, 4.69) is 5.32 Å². The molecule has 0 fully saturated rings. The van der Waals surface area contributed by atoms with Gasteiger partial charge in [0.05, 0.1) is 10.5 Å². The Balaban J connectivity index is 2.07. The van der Waals surface area contributed by atoms with Crippen molar-refractivity contribution in [3.8, 4) is 0 Å². The second kappa shape index (κ2) is 7.57. The molecule has 130 valence electrons. The highest BCUT2D eigenvalue weighted by molar-refractivity contribution is 5.97. The van der Waals surface area contributed by atoms with Gasteiger partial charge >= 0.3 is 5.97 Å². The molecule has 0 unspecified atom stereocenters. The fraction of sp³-hybridized carbons (Fsp3) is 0.222. The molecular formula is C18H18N2O5. The standard InChI is InChI=1S/C18H18N2O5/c1-11-5-4-6-14(9-11)18(22)25-10-16(21)19-17-13(3)12(2)7-8-15(17)20(23)24/h4-9H,10H2,1-3H3,(H,19,21). The number of nitro groups is 1. The summed E-state index contributed by atoms with van der Waals surface area (Å²) in [6, 6.07) is 9.73. The van der Waals surface area contributed by atoms with Crippen molar-refractivity contribution in [2.45, 2.75) is 20.8 Å². The van der Waals surface area contributed by atoms with Gasteiger partial charge in [-0.2, -0.15) is 0 Å². The van der Waals surface area contributed by atoms with Gasteiger partial charge in [0.15, 0.2) is 6.61 Å². The molecule has 1 N–H and O–H groups in total. The van der Waals surface area contributed by atoms with Crippen molar-refractivity contribution in [1.29, 1.82) is 0 Å². The van der Waals surface area contributed by atoms with Crippen LogP contribution in [0.15, 0.2) is 36.4 Å². The summed E-state index contributed by atoms with van der Waals surface area (Å²) in [5.41, 5.74) is 2.53. The van der Waals surface area contributed by atoms with E-state index in [0.29, 0.717) is 11.1 Å². The van der Waals surface area contributed by atoms with Crippen molar-refractivity contribution < 1.29 is 19.2 Å². The molecule has 7 heteroatoms. The number of carbonyl (C=O) groups excluding carboxylic acids is 2. The predicted molar refractivity (Wildman–Crippen MR) is 92.7 cm³/mol. The van der Waals surface area contributed by atoms with Crippen LogP contribution in [0.3, 0.4) is 0 Å². The van der Waals surface area contributed by atoms with Crippen LogP contribution in [-0.2, 0) is 9.53 Å². The topological polar surface area (TPSA) is 98.5 Å². The summed E-state index contributed by atoms with van der Waals surface area (Å²) in [6.07, 6.45) is 0. The van der Waals surface area contributed by atoms with E-state index in [1.165, 1.54) is 6.07 Å². The van der Waals surface area contributed by atoms with Crippen LogP contribution in [0.5, 0.6) is 0 Å². The van der Waals surface area contributed by atoms with Gasteiger partial charge in [0.25, 0.3) is 11.6 Å². The van der Waals surface area contributed by atoms with E-state index in [0.717, 1.165) is 11.1 Å². The Morgan fingerprint density at radius 3 is 2.52 bits per heavy atom. The van der Waals surface area contributed by atoms with Crippen molar-refractivity contribution in [2.75, 3.05) is 11.9 Å². The quantitative estimate of drug-likeness (QED) is 0.510. The highest BCUT2D eigenvalue weighted by Crippen LogP contribution is 2.30. The summed E-state index contributed by atoms with van der Waals surface area (Å²) >= 11 is 0. The number of carbonyl (C=O) groups is 2. The molecule has 0 aliphatic rings. The number of ether oxygens (including phenoxy) is 1. The lowest BCUT2D eigenvalue weighted by Crippen LogP contribution is -2.22. The molecule has 0 aliphatic carbocycles. The van der Waals surface area contributed by atoms with Gasteiger partial charge in [-0.25, -0.2) is 4.79 Å².